The lowest BCUT2D eigenvalue weighted by Gasteiger charge is -2.40. The summed E-state index contributed by atoms with van der Waals surface area (Å²) in [7, 11) is 0. The van der Waals surface area contributed by atoms with Gasteiger partial charge in [0.15, 0.2) is 0 Å². The van der Waals surface area contributed by atoms with Crippen LogP contribution in [0.3, 0.4) is 0 Å². The number of hydrogen-bond donors (Lipinski definition) is 2. The first-order valence-electron chi connectivity index (χ1n) is 7.52. The second-order valence-corrected chi connectivity index (χ2v) is 5.90. The first-order valence-corrected chi connectivity index (χ1v) is 7.52. The van der Waals surface area contributed by atoms with Crippen molar-refractivity contribution in [2.45, 2.75) is 38.3 Å². The standard InChI is InChI=1S/C16H20N4O2/c1-12(16(22)7-2-8-16)15(21)18-9-13-3-5-14(6-4-13)20-11-17-10-19-20/h3-6,10-12,22H,2,7-9H2,1H3,(H,18,21). The lowest BCUT2D eigenvalue weighted by atomic mass is 9.71. The molecule has 1 amide bonds. The highest BCUT2D eigenvalue weighted by Gasteiger charge is 2.43. The minimum atomic E-state index is -0.805. The van der Waals surface area contributed by atoms with Gasteiger partial charge in [0, 0.05) is 6.54 Å². The highest BCUT2D eigenvalue weighted by molar-refractivity contribution is 5.79. The summed E-state index contributed by atoms with van der Waals surface area (Å²) in [6.45, 7) is 2.25. The van der Waals surface area contributed by atoms with Crippen molar-refractivity contribution in [3.05, 3.63) is 42.5 Å². The predicted molar refractivity (Wildman–Crippen MR) is 81.2 cm³/mol. The molecular formula is C16H20N4O2. The van der Waals surface area contributed by atoms with Crippen LogP contribution in [0, 0.1) is 5.92 Å². The van der Waals surface area contributed by atoms with Crippen LogP contribution in [0.15, 0.2) is 36.9 Å². The van der Waals surface area contributed by atoms with Crippen molar-refractivity contribution in [3.63, 3.8) is 0 Å². The summed E-state index contributed by atoms with van der Waals surface area (Å²) < 4.78 is 1.68. The van der Waals surface area contributed by atoms with Gasteiger partial charge in [0.1, 0.15) is 12.7 Å². The zero-order valence-electron chi connectivity index (χ0n) is 12.6. The first-order chi connectivity index (χ1) is 10.6. The third-order valence-electron chi connectivity index (χ3n) is 4.51. The minimum Gasteiger partial charge on any atom is -0.389 e. The molecule has 2 aromatic rings. The number of rotatable bonds is 5. The van der Waals surface area contributed by atoms with E-state index in [9.17, 15) is 9.90 Å². The number of aromatic nitrogens is 3. The first kappa shape index (κ1) is 14.7. The molecule has 1 aromatic heterocycles. The molecule has 1 saturated carbocycles. The van der Waals surface area contributed by atoms with E-state index < -0.39 is 5.60 Å². The quantitative estimate of drug-likeness (QED) is 0.875. The molecule has 1 aromatic carbocycles. The van der Waals surface area contributed by atoms with Gasteiger partial charge in [-0.05, 0) is 37.0 Å². The molecule has 1 unspecified atom stereocenters. The van der Waals surface area contributed by atoms with E-state index in [1.807, 2.05) is 24.3 Å². The largest absolute Gasteiger partial charge is 0.389 e. The summed E-state index contributed by atoms with van der Waals surface area (Å²) in [6.07, 6.45) is 5.55. The summed E-state index contributed by atoms with van der Waals surface area (Å²) in [5.74, 6) is -0.460. The van der Waals surface area contributed by atoms with Crippen molar-refractivity contribution < 1.29 is 9.90 Å². The second kappa shape index (κ2) is 5.88. The number of hydrogen-bond acceptors (Lipinski definition) is 4. The van der Waals surface area contributed by atoms with Gasteiger partial charge in [0.05, 0.1) is 17.2 Å². The van der Waals surface area contributed by atoms with E-state index in [2.05, 4.69) is 15.4 Å². The Morgan fingerprint density at radius 1 is 1.41 bits per heavy atom. The molecule has 1 aliphatic carbocycles. The molecule has 3 rings (SSSR count). The van der Waals surface area contributed by atoms with Gasteiger partial charge in [0.2, 0.25) is 5.91 Å². The number of carbonyl (C=O) groups is 1. The smallest absolute Gasteiger partial charge is 0.226 e. The molecule has 0 aliphatic heterocycles. The molecule has 0 radical (unpaired) electrons. The van der Waals surface area contributed by atoms with Crippen LogP contribution in [0.1, 0.15) is 31.7 Å². The molecule has 6 nitrogen and oxygen atoms in total. The van der Waals surface area contributed by atoms with Crippen molar-refractivity contribution in [2.24, 2.45) is 5.92 Å². The van der Waals surface area contributed by atoms with E-state index in [0.29, 0.717) is 19.4 Å². The van der Waals surface area contributed by atoms with Crippen molar-refractivity contribution >= 4 is 5.91 Å². The molecule has 1 atom stereocenters. The van der Waals surface area contributed by atoms with Crippen LogP contribution in [0.4, 0.5) is 0 Å². The lowest BCUT2D eigenvalue weighted by Crippen LogP contribution is -2.49. The summed E-state index contributed by atoms with van der Waals surface area (Å²) in [5, 5.41) is 17.2. The molecule has 1 heterocycles. The third kappa shape index (κ3) is 2.87. The van der Waals surface area contributed by atoms with E-state index in [1.54, 1.807) is 17.9 Å². The van der Waals surface area contributed by atoms with Crippen LogP contribution in [-0.4, -0.2) is 31.4 Å². The molecule has 1 aliphatic rings. The zero-order chi connectivity index (χ0) is 15.6. The summed E-state index contributed by atoms with van der Waals surface area (Å²) in [5.41, 5.74) is 1.12. The van der Waals surface area contributed by atoms with Crippen LogP contribution in [-0.2, 0) is 11.3 Å². The number of nitrogens with zero attached hydrogens (tertiary/aromatic N) is 3. The number of amides is 1. The van der Waals surface area contributed by atoms with Gasteiger partial charge in [-0.25, -0.2) is 9.67 Å². The molecule has 116 valence electrons. The Morgan fingerprint density at radius 2 is 2.14 bits per heavy atom. The number of aliphatic hydroxyl groups is 1. The summed E-state index contributed by atoms with van der Waals surface area (Å²) in [4.78, 5) is 16.0. The average Bonchev–Trinajstić information content (AvgIpc) is 3.04. The Bertz CT molecular complexity index is 633. The molecule has 1 fully saturated rings. The fourth-order valence-electron chi connectivity index (χ4n) is 2.67. The van der Waals surface area contributed by atoms with Gasteiger partial charge >= 0.3 is 0 Å². The normalized spacial score (nSPS) is 17.5. The SMILES string of the molecule is CC(C(=O)NCc1ccc(-n2cncn2)cc1)C1(O)CCC1. The van der Waals surface area contributed by atoms with Crippen LogP contribution in [0.25, 0.3) is 5.69 Å². The monoisotopic (exact) mass is 300 g/mol. The molecule has 6 heteroatoms. The fraction of sp³-hybridized carbons (Fsp3) is 0.438. The van der Waals surface area contributed by atoms with Gasteiger partial charge in [-0.2, -0.15) is 5.10 Å². The Balaban J connectivity index is 1.56. The van der Waals surface area contributed by atoms with Crippen LogP contribution < -0.4 is 5.32 Å². The van der Waals surface area contributed by atoms with E-state index in [0.717, 1.165) is 17.7 Å². The topological polar surface area (TPSA) is 80.0 Å². The second-order valence-electron chi connectivity index (χ2n) is 5.90. The maximum atomic E-state index is 12.1. The van der Waals surface area contributed by atoms with E-state index in [4.69, 9.17) is 0 Å². The van der Waals surface area contributed by atoms with Crippen LogP contribution in [0.5, 0.6) is 0 Å². The van der Waals surface area contributed by atoms with Crippen LogP contribution >= 0.6 is 0 Å². The highest BCUT2D eigenvalue weighted by atomic mass is 16.3. The summed E-state index contributed by atoms with van der Waals surface area (Å²) in [6, 6.07) is 7.75. The third-order valence-corrected chi connectivity index (χ3v) is 4.51. The Hall–Kier alpha value is -2.21. The van der Waals surface area contributed by atoms with Crippen molar-refractivity contribution in [2.75, 3.05) is 0 Å². The Morgan fingerprint density at radius 3 is 2.68 bits per heavy atom. The Kier molecular flexibility index (Phi) is 3.94. The van der Waals surface area contributed by atoms with Crippen molar-refractivity contribution in [3.8, 4) is 5.69 Å². The molecule has 0 bridgehead atoms. The van der Waals surface area contributed by atoms with Crippen molar-refractivity contribution in [1.82, 2.24) is 20.1 Å². The maximum Gasteiger partial charge on any atom is 0.226 e. The molecular weight excluding hydrogens is 280 g/mol. The number of carbonyl (C=O) groups excluding carboxylic acids is 1. The van der Waals surface area contributed by atoms with E-state index >= 15 is 0 Å². The van der Waals surface area contributed by atoms with Crippen LogP contribution in [0.2, 0.25) is 0 Å². The average molecular weight is 300 g/mol. The molecule has 0 saturated heterocycles. The van der Waals surface area contributed by atoms with Gasteiger partial charge in [-0.1, -0.05) is 19.1 Å². The van der Waals surface area contributed by atoms with E-state index in [-0.39, 0.29) is 11.8 Å². The highest BCUT2D eigenvalue weighted by Crippen LogP contribution is 2.38. The van der Waals surface area contributed by atoms with Gasteiger partial charge in [-0.3, -0.25) is 4.79 Å². The molecule has 2 N–H and O–H groups in total. The minimum absolute atomic E-state index is 0.0949. The van der Waals surface area contributed by atoms with Gasteiger partial charge in [-0.15, -0.1) is 0 Å². The fourth-order valence-corrected chi connectivity index (χ4v) is 2.67. The van der Waals surface area contributed by atoms with E-state index in [1.165, 1.54) is 6.33 Å². The number of benzene rings is 1. The Labute approximate surface area is 129 Å². The van der Waals surface area contributed by atoms with Gasteiger partial charge in [0.25, 0.3) is 0 Å². The van der Waals surface area contributed by atoms with Gasteiger partial charge < -0.3 is 10.4 Å². The van der Waals surface area contributed by atoms with Crippen molar-refractivity contribution in [1.29, 1.82) is 0 Å². The lowest BCUT2D eigenvalue weighted by molar-refractivity contribution is -0.141. The number of nitrogens with one attached hydrogen (secondary N) is 1. The molecule has 0 spiro atoms. The zero-order valence-corrected chi connectivity index (χ0v) is 12.6. The maximum absolute atomic E-state index is 12.1. The summed E-state index contributed by atoms with van der Waals surface area (Å²) >= 11 is 0. The predicted octanol–water partition coefficient (Wildman–Crippen LogP) is 1.43. The molecule has 22 heavy (non-hydrogen) atoms.